The molecule has 0 aliphatic carbocycles. The lowest BCUT2D eigenvalue weighted by Crippen LogP contribution is -2.29. The zero-order valence-electron chi connectivity index (χ0n) is 7.72. The molecule has 1 fully saturated rings. The Morgan fingerprint density at radius 1 is 1.64 bits per heavy atom. The van der Waals surface area contributed by atoms with Crippen LogP contribution in [0.2, 0.25) is 0 Å². The van der Waals surface area contributed by atoms with Gasteiger partial charge in [0.15, 0.2) is 0 Å². The fourth-order valence-corrected chi connectivity index (χ4v) is 1.30. The average molecular weight is 202 g/mol. The Bertz CT molecular complexity index is 233. The van der Waals surface area contributed by atoms with Crippen molar-refractivity contribution < 1.29 is 24.9 Å². The molecule has 3 unspecified atom stereocenters. The Morgan fingerprint density at radius 2 is 2.21 bits per heavy atom. The van der Waals surface area contributed by atoms with Crippen LogP contribution in [0.1, 0.15) is 6.42 Å². The van der Waals surface area contributed by atoms with Crippen LogP contribution in [0.5, 0.6) is 0 Å². The molecule has 1 heterocycles. The fourth-order valence-electron chi connectivity index (χ4n) is 1.30. The van der Waals surface area contributed by atoms with Crippen LogP contribution in [-0.2, 0) is 9.53 Å². The normalized spacial score (nSPS) is 24.0. The van der Waals surface area contributed by atoms with Crippen molar-refractivity contribution in [2.45, 2.75) is 18.6 Å². The Morgan fingerprint density at radius 3 is 2.57 bits per heavy atom. The van der Waals surface area contributed by atoms with E-state index in [1.165, 1.54) is 0 Å². The minimum absolute atomic E-state index is 0.00250. The summed E-state index contributed by atoms with van der Waals surface area (Å²) < 4.78 is 4.94. The Balaban J connectivity index is 2.58. The number of carbonyl (C=O) groups is 1. The maximum atomic E-state index is 10.6. The Labute approximate surface area is 81.6 Å². The van der Waals surface area contributed by atoms with E-state index in [1.807, 2.05) is 0 Å². The molecule has 0 amide bonds. The van der Waals surface area contributed by atoms with Gasteiger partial charge in [0.25, 0.3) is 0 Å². The van der Waals surface area contributed by atoms with Crippen molar-refractivity contribution in [3.8, 4) is 0 Å². The van der Waals surface area contributed by atoms with E-state index in [-0.39, 0.29) is 11.7 Å². The number of rotatable bonds is 6. The molecule has 1 saturated heterocycles. The molecule has 5 heteroatoms. The molecule has 14 heavy (non-hydrogen) atoms. The highest BCUT2D eigenvalue weighted by molar-refractivity contribution is 5.86. The van der Waals surface area contributed by atoms with Crippen LogP contribution in [0.25, 0.3) is 0 Å². The maximum Gasteiger partial charge on any atom is 0.331 e. The zero-order valence-corrected chi connectivity index (χ0v) is 7.72. The molecule has 3 atom stereocenters. The predicted molar refractivity (Wildman–Crippen MR) is 47.7 cm³/mol. The van der Waals surface area contributed by atoms with Crippen molar-refractivity contribution in [2.24, 2.45) is 5.92 Å². The number of ether oxygens (including phenoxy) is 1. The van der Waals surface area contributed by atoms with Gasteiger partial charge in [0.05, 0.1) is 25.4 Å². The van der Waals surface area contributed by atoms with Crippen LogP contribution in [0.15, 0.2) is 12.2 Å². The third-order valence-corrected chi connectivity index (χ3v) is 2.29. The first-order valence-corrected chi connectivity index (χ1v) is 4.39. The summed E-state index contributed by atoms with van der Waals surface area (Å²) in [6.45, 7) is 3.49. The van der Waals surface area contributed by atoms with Crippen LogP contribution in [-0.4, -0.2) is 46.7 Å². The summed E-state index contributed by atoms with van der Waals surface area (Å²) in [4.78, 5) is 10.6. The predicted octanol–water partition coefficient (Wildman–Crippen LogP) is -0.614. The van der Waals surface area contributed by atoms with Gasteiger partial charge >= 0.3 is 5.97 Å². The minimum Gasteiger partial charge on any atom is -0.478 e. The van der Waals surface area contributed by atoms with Gasteiger partial charge in [-0.25, -0.2) is 4.79 Å². The molecular weight excluding hydrogens is 188 g/mol. The summed E-state index contributed by atoms with van der Waals surface area (Å²) in [5.74, 6) is -1.78. The number of hydrogen-bond donors (Lipinski definition) is 3. The van der Waals surface area contributed by atoms with Crippen LogP contribution in [0.3, 0.4) is 0 Å². The van der Waals surface area contributed by atoms with Gasteiger partial charge < -0.3 is 20.1 Å². The highest BCUT2D eigenvalue weighted by atomic mass is 16.6. The summed E-state index contributed by atoms with van der Waals surface area (Å²) in [5.41, 5.74) is -0.0814. The molecule has 0 aromatic heterocycles. The van der Waals surface area contributed by atoms with Crippen LogP contribution in [0.4, 0.5) is 0 Å². The van der Waals surface area contributed by atoms with E-state index >= 15 is 0 Å². The van der Waals surface area contributed by atoms with Gasteiger partial charge in [0.1, 0.15) is 0 Å². The lowest BCUT2D eigenvalue weighted by molar-refractivity contribution is -0.133. The second kappa shape index (κ2) is 4.54. The van der Waals surface area contributed by atoms with Gasteiger partial charge in [0.2, 0.25) is 0 Å². The molecule has 0 spiro atoms. The number of carboxylic acid groups (broad SMARTS) is 1. The van der Waals surface area contributed by atoms with E-state index in [2.05, 4.69) is 6.58 Å². The molecule has 0 radical (unpaired) electrons. The van der Waals surface area contributed by atoms with Gasteiger partial charge in [-0.2, -0.15) is 0 Å². The molecule has 5 nitrogen and oxygen atoms in total. The van der Waals surface area contributed by atoms with Crippen molar-refractivity contribution in [2.75, 3.05) is 13.2 Å². The highest BCUT2D eigenvalue weighted by Gasteiger charge is 2.33. The Hall–Kier alpha value is -0.910. The lowest BCUT2D eigenvalue weighted by atomic mass is 9.90. The molecule has 1 rings (SSSR count). The van der Waals surface area contributed by atoms with Gasteiger partial charge in [-0.1, -0.05) is 6.58 Å². The summed E-state index contributed by atoms with van der Waals surface area (Å²) in [6, 6.07) is 0. The van der Waals surface area contributed by atoms with Crippen molar-refractivity contribution in [3.05, 3.63) is 12.2 Å². The first kappa shape index (κ1) is 11.2. The third-order valence-electron chi connectivity index (χ3n) is 2.29. The first-order chi connectivity index (χ1) is 6.56. The summed E-state index contributed by atoms with van der Waals surface area (Å²) in [6.07, 6.45) is -0.688. The van der Waals surface area contributed by atoms with Crippen molar-refractivity contribution in [1.29, 1.82) is 0 Å². The number of carboxylic acids is 1. The first-order valence-electron chi connectivity index (χ1n) is 4.39. The van der Waals surface area contributed by atoms with E-state index in [9.17, 15) is 9.90 Å². The molecule has 1 aliphatic heterocycles. The van der Waals surface area contributed by atoms with Crippen molar-refractivity contribution >= 4 is 5.97 Å². The van der Waals surface area contributed by atoms with E-state index in [0.29, 0.717) is 13.0 Å². The van der Waals surface area contributed by atoms with E-state index in [1.54, 1.807) is 0 Å². The van der Waals surface area contributed by atoms with E-state index < -0.39 is 24.6 Å². The van der Waals surface area contributed by atoms with Gasteiger partial charge in [-0.3, -0.25) is 0 Å². The molecule has 0 saturated carbocycles. The number of epoxide rings is 1. The average Bonchev–Trinajstić information content (AvgIpc) is 2.95. The van der Waals surface area contributed by atoms with E-state index in [4.69, 9.17) is 14.9 Å². The summed E-state index contributed by atoms with van der Waals surface area (Å²) in [5, 5.41) is 26.8. The number of aliphatic hydroxyl groups is 2. The maximum absolute atomic E-state index is 10.6. The summed E-state index contributed by atoms with van der Waals surface area (Å²) in [7, 11) is 0. The quantitative estimate of drug-likeness (QED) is 0.394. The van der Waals surface area contributed by atoms with E-state index in [0.717, 1.165) is 0 Å². The van der Waals surface area contributed by atoms with Gasteiger partial charge in [0, 0.05) is 11.5 Å². The molecule has 0 bridgehead atoms. The van der Waals surface area contributed by atoms with Crippen LogP contribution >= 0.6 is 0 Å². The highest BCUT2D eigenvalue weighted by Crippen LogP contribution is 2.26. The zero-order chi connectivity index (χ0) is 10.7. The minimum atomic E-state index is -1.15. The van der Waals surface area contributed by atoms with Crippen LogP contribution in [0, 0.1) is 5.92 Å². The second-order valence-electron chi connectivity index (χ2n) is 3.38. The number of aliphatic carboxylic acids is 1. The monoisotopic (exact) mass is 202 g/mol. The third kappa shape index (κ3) is 2.80. The number of hydrogen-bond acceptors (Lipinski definition) is 4. The molecule has 80 valence electrons. The SMILES string of the molecule is C=C(C(=O)O)C(CC1CO1)C(O)CO. The largest absolute Gasteiger partial charge is 0.478 e. The number of aliphatic hydroxyl groups excluding tert-OH is 2. The standard InChI is InChI=1S/C9H14O5/c1-5(9(12)13)7(8(11)3-10)2-6-4-14-6/h6-8,10-11H,1-4H2,(H,12,13). The smallest absolute Gasteiger partial charge is 0.331 e. The van der Waals surface area contributed by atoms with Gasteiger partial charge in [-0.05, 0) is 6.42 Å². The molecular formula is C9H14O5. The van der Waals surface area contributed by atoms with Crippen molar-refractivity contribution in [3.63, 3.8) is 0 Å². The Kier molecular flexibility index (Phi) is 3.62. The topological polar surface area (TPSA) is 90.3 Å². The molecule has 1 aliphatic rings. The lowest BCUT2D eigenvalue weighted by Gasteiger charge is -2.20. The van der Waals surface area contributed by atoms with Crippen molar-refractivity contribution in [1.82, 2.24) is 0 Å². The van der Waals surface area contributed by atoms with Gasteiger partial charge in [-0.15, -0.1) is 0 Å². The fraction of sp³-hybridized carbons (Fsp3) is 0.667. The second-order valence-corrected chi connectivity index (χ2v) is 3.38. The molecule has 0 aromatic rings. The summed E-state index contributed by atoms with van der Waals surface area (Å²) >= 11 is 0. The molecule has 3 N–H and O–H groups in total. The molecule has 0 aromatic carbocycles. The van der Waals surface area contributed by atoms with Crippen LogP contribution < -0.4 is 0 Å².